The van der Waals surface area contributed by atoms with Crippen LogP contribution in [0.2, 0.25) is 0 Å². The van der Waals surface area contributed by atoms with Gasteiger partial charge in [0.15, 0.2) is 5.17 Å². The quantitative estimate of drug-likeness (QED) is 0.631. The lowest BCUT2D eigenvalue weighted by Crippen LogP contribution is -2.28. The molecule has 29 heavy (non-hydrogen) atoms. The van der Waals surface area contributed by atoms with Gasteiger partial charge in [0.25, 0.3) is 0 Å². The molecule has 0 saturated carbocycles. The first-order valence-electron chi connectivity index (χ1n) is 10.1. The molecule has 1 fully saturated rings. The molecule has 0 amide bonds. The summed E-state index contributed by atoms with van der Waals surface area (Å²) in [6.45, 7) is 9.76. The van der Waals surface area contributed by atoms with E-state index in [0.717, 1.165) is 23.2 Å². The van der Waals surface area contributed by atoms with Crippen molar-refractivity contribution in [2.24, 2.45) is 4.99 Å². The number of aryl methyl sites for hydroxylation is 2. The number of hydrogen-bond donors (Lipinski definition) is 0. The fourth-order valence-electron chi connectivity index (χ4n) is 4.54. The molecule has 3 aromatic rings. The summed E-state index contributed by atoms with van der Waals surface area (Å²) in [5.74, 6) is 0.976. The topological polar surface area (TPSA) is 46.3 Å². The van der Waals surface area contributed by atoms with Gasteiger partial charge in [0.1, 0.15) is 11.9 Å². The van der Waals surface area contributed by atoms with E-state index in [1.54, 1.807) is 0 Å². The molecule has 0 bridgehead atoms. The minimum Gasteiger partial charge on any atom is -0.341 e. The van der Waals surface area contributed by atoms with Crippen LogP contribution in [-0.2, 0) is 0 Å². The van der Waals surface area contributed by atoms with Crippen LogP contribution < -0.4 is 0 Å². The Bertz CT molecular complexity index is 1090. The minimum absolute atomic E-state index is 0.0191. The first kappa shape index (κ1) is 18.4. The second-order valence-corrected chi connectivity index (χ2v) is 9.40. The van der Waals surface area contributed by atoms with Crippen molar-refractivity contribution in [2.75, 3.05) is 6.54 Å². The summed E-state index contributed by atoms with van der Waals surface area (Å²) >= 11 is 1.88. The average molecular weight is 404 g/mol. The molecule has 3 atom stereocenters. The van der Waals surface area contributed by atoms with Gasteiger partial charge in [-0.2, -0.15) is 0 Å². The number of nitrogens with zero attached hydrogens (tertiary/aromatic N) is 5. The van der Waals surface area contributed by atoms with E-state index in [9.17, 15) is 0 Å². The van der Waals surface area contributed by atoms with Crippen molar-refractivity contribution in [3.8, 4) is 5.82 Å². The maximum atomic E-state index is 5.11. The maximum Gasteiger partial charge on any atom is 0.160 e. The van der Waals surface area contributed by atoms with Crippen molar-refractivity contribution in [2.45, 2.75) is 45.0 Å². The fraction of sp³-hybridized carbons (Fsp3) is 0.348. The van der Waals surface area contributed by atoms with Crippen LogP contribution >= 0.6 is 11.8 Å². The Morgan fingerprint density at radius 1 is 1.03 bits per heavy atom. The number of fused-ring (bicyclic) bond motifs is 1. The van der Waals surface area contributed by atoms with E-state index in [0.29, 0.717) is 5.25 Å². The van der Waals surface area contributed by atoms with Gasteiger partial charge in [0, 0.05) is 35.6 Å². The summed E-state index contributed by atoms with van der Waals surface area (Å²) < 4.78 is 2.27. The highest BCUT2D eigenvalue weighted by atomic mass is 32.2. The average Bonchev–Trinajstić information content (AvgIpc) is 3.32. The molecule has 3 unspecified atom stereocenters. The normalized spacial score (nSPS) is 23.4. The van der Waals surface area contributed by atoms with Gasteiger partial charge in [-0.25, -0.2) is 4.98 Å². The molecule has 5 nitrogen and oxygen atoms in total. The molecule has 0 radical (unpaired) electrons. The first-order chi connectivity index (χ1) is 14.0. The molecular formula is C23H25N5S. The van der Waals surface area contributed by atoms with E-state index >= 15 is 0 Å². The van der Waals surface area contributed by atoms with Crippen LogP contribution in [0.3, 0.4) is 0 Å². The highest BCUT2D eigenvalue weighted by Crippen LogP contribution is 2.48. The Kier molecular flexibility index (Phi) is 4.46. The number of thioether (sulfide) groups is 1. The number of amidine groups is 1. The summed E-state index contributed by atoms with van der Waals surface area (Å²) in [6, 6.07) is 12.8. The summed E-state index contributed by atoms with van der Waals surface area (Å²) in [5, 5.41) is 1.71. The Hall–Kier alpha value is -2.60. The van der Waals surface area contributed by atoms with Gasteiger partial charge in [-0.05, 0) is 62.2 Å². The molecule has 6 heteroatoms. The lowest BCUT2D eigenvalue weighted by atomic mass is 9.96. The number of pyridine rings is 2. The highest BCUT2D eigenvalue weighted by molar-refractivity contribution is 8.14. The van der Waals surface area contributed by atoms with Crippen molar-refractivity contribution < 1.29 is 0 Å². The third-order valence-electron chi connectivity index (χ3n) is 5.80. The predicted molar refractivity (Wildman–Crippen MR) is 119 cm³/mol. The van der Waals surface area contributed by atoms with Crippen molar-refractivity contribution in [1.82, 2.24) is 19.4 Å². The first-order valence-corrected chi connectivity index (χ1v) is 10.9. The zero-order chi connectivity index (χ0) is 20.1. The summed E-state index contributed by atoms with van der Waals surface area (Å²) in [4.78, 5) is 16.9. The molecule has 0 N–H and O–H groups in total. The van der Waals surface area contributed by atoms with E-state index in [4.69, 9.17) is 4.99 Å². The molecule has 1 saturated heterocycles. The fourth-order valence-corrected chi connectivity index (χ4v) is 5.63. The van der Waals surface area contributed by atoms with Crippen molar-refractivity contribution >= 4 is 16.9 Å². The monoisotopic (exact) mass is 403 g/mol. The van der Waals surface area contributed by atoms with E-state index in [1.807, 2.05) is 36.3 Å². The molecule has 2 aliphatic rings. The van der Waals surface area contributed by atoms with Gasteiger partial charge in [-0.15, -0.1) is 0 Å². The lowest BCUT2D eigenvalue weighted by molar-refractivity contribution is 0.320. The van der Waals surface area contributed by atoms with Crippen LogP contribution in [0.4, 0.5) is 0 Å². The second kappa shape index (κ2) is 7.02. The van der Waals surface area contributed by atoms with E-state index < -0.39 is 0 Å². The van der Waals surface area contributed by atoms with Crippen molar-refractivity contribution in [1.29, 1.82) is 0 Å². The molecule has 3 aromatic heterocycles. The summed E-state index contributed by atoms with van der Waals surface area (Å²) in [5.41, 5.74) is 5.99. The molecule has 0 aliphatic carbocycles. The van der Waals surface area contributed by atoms with Gasteiger partial charge in [0.05, 0.1) is 11.7 Å². The third kappa shape index (κ3) is 3.06. The van der Waals surface area contributed by atoms with Gasteiger partial charge < -0.3 is 9.47 Å². The standard InChI is InChI=1S/C23H25N5S/c1-14-8-10-25-20(11-14)28-15(2)12-18(17(28)4)22-21(19-7-5-6-9-24-19)26-23-27(22)13-16(3)29-23/h5-12,16,21-22H,13H2,1-4H3. The van der Waals surface area contributed by atoms with E-state index in [2.05, 4.69) is 71.4 Å². The molecule has 0 aromatic carbocycles. The van der Waals surface area contributed by atoms with Crippen LogP contribution in [0.15, 0.2) is 53.8 Å². The molecule has 148 valence electrons. The highest BCUT2D eigenvalue weighted by Gasteiger charge is 2.44. The van der Waals surface area contributed by atoms with Crippen LogP contribution in [0.1, 0.15) is 47.2 Å². The van der Waals surface area contributed by atoms with Gasteiger partial charge >= 0.3 is 0 Å². The van der Waals surface area contributed by atoms with Crippen LogP contribution in [-0.4, -0.2) is 36.4 Å². The molecule has 5 rings (SSSR count). The summed E-state index contributed by atoms with van der Waals surface area (Å²) in [7, 11) is 0. The minimum atomic E-state index is 0.0191. The summed E-state index contributed by atoms with van der Waals surface area (Å²) in [6.07, 6.45) is 3.75. The number of aliphatic imine (C=N–C) groups is 1. The van der Waals surface area contributed by atoms with Gasteiger partial charge in [-0.3, -0.25) is 9.98 Å². The van der Waals surface area contributed by atoms with Crippen molar-refractivity contribution in [3.05, 3.63) is 77.0 Å². The largest absolute Gasteiger partial charge is 0.341 e. The maximum absolute atomic E-state index is 5.11. The zero-order valence-electron chi connectivity index (χ0n) is 17.2. The van der Waals surface area contributed by atoms with E-state index in [-0.39, 0.29) is 12.1 Å². The molecule has 0 spiro atoms. The molecule has 2 aliphatic heterocycles. The molecular weight excluding hydrogens is 378 g/mol. The Morgan fingerprint density at radius 2 is 1.90 bits per heavy atom. The smallest absolute Gasteiger partial charge is 0.160 e. The van der Waals surface area contributed by atoms with E-state index in [1.165, 1.54) is 22.5 Å². The van der Waals surface area contributed by atoms with Crippen LogP contribution in [0.25, 0.3) is 5.82 Å². The second-order valence-electron chi connectivity index (χ2n) is 7.99. The van der Waals surface area contributed by atoms with Crippen LogP contribution in [0.5, 0.6) is 0 Å². The Balaban J connectivity index is 1.63. The van der Waals surface area contributed by atoms with Crippen molar-refractivity contribution in [3.63, 3.8) is 0 Å². The number of hydrogen-bond acceptors (Lipinski definition) is 5. The lowest BCUT2D eigenvalue weighted by Gasteiger charge is -2.27. The SMILES string of the molecule is Cc1ccnc(-n2c(C)cc(C3C(c4ccccn4)N=C4SC(C)CN43)c2C)c1. The third-order valence-corrected chi connectivity index (χ3v) is 6.90. The van der Waals surface area contributed by atoms with Gasteiger partial charge in [-0.1, -0.05) is 24.8 Å². The van der Waals surface area contributed by atoms with Gasteiger partial charge in [0.2, 0.25) is 0 Å². The predicted octanol–water partition coefficient (Wildman–Crippen LogP) is 4.78. The van der Waals surface area contributed by atoms with Crippen LogP contribution in [0, 0.1) is 20.8 Å². The number of rotatable bonds is 3. The Morgan fingerprint density at radius 3 is 2.66 bits per heavy atom. The Labute approximate surface area is 175 Å². The molecule has 5 heterocycles. The zero-order valence-corrected chi connectivity index (χ0v) is 18.0. The number of aromatic nitrogens is 3.